The van der Waals surface area contributed by atoms with Gasteiger partial charge in [0.1, 0.15) is 11.6 Å². The number of nitrogens with one attached hydrogen (secondary N) is 1. The molecule has 29 heavy (non-hydrogen) atoms. The monoisotopic (exact) mass is 455 g/mol. The molecule has 1 atom stereocenters. The number of benzene rings is 3. The van der Waals surface area contributed by atoms with Gasteiger partial charge in [0.05, 0.1) is 29.0 Å². The average Bonchev–Trinajstić information content (AvgIpc) is 3.11. The molecule has 4 aromatic rings. The zero-order valence-corrected chi connectivity index (χ0v) is 16.7. The smallest absolute Gasteiger partial charge is 0.252 e. The van der Waals surface area contributed by atoms with Crippen molar-refractivity contribution in [2.45, 2.75) is 12.6 Å². The number of imidazole rings is 1. The van der Waals surface area contributed by atoms with Gasteiger partial charge in [-0.05, 0) is 64.0 Å². The van der Waals surface area contributed by atoms with Gasteiger partial charge in [-0.1, -0.05) is 24.3 Å². The Morgan fingerprint density at radius 1 is 1.03 bits per heavy atom. The highest BCUT2D eigenvalue weighted by atomic mass is 79.9. The first-order valence-electron chi connectivity index (χ1n) is 8.92. The van der Waals surface area contributed by atoms with E-state index in [1.165, 1.54) is 30.3 Å². The Hall–Kier alpha value is -3.06. The molecule has 0 fully saturated rings. The highest BCUT2D eigenvalue weighted by Crippen LogP contribution is 2.23. The summed E-state index contributed by atoms with van der Waals surface area (Å²) in [6.07, 6.45) is 1.71. The van der Waals surface area contributed by atoms with E-state index in [1.54, 1.807) is 18.5 Å². The second-order valence-corrected chi connectivity index (χ2v) is 7.44. The maximum Gasteiger partial charge on any atom is 0.252 e. The molecule has 4 nitrogen and oxygen atoms in total. The third-order valence-electron chi connectivity index (χ3n) is 4.66. The van der Waals surface area contributed by atoms with Crippen LogP contribution in [0.15, 0.2) is 77.5 Å². The van der Waals surface area contributed by atoms with Crippen molar-refractivity contribution in [3.05, 3.63) is 100 Å². The third kappa shape index (κ3) is 4.19. The molecule has 7 heteroatoms. The number of hydrogen-bond donors (Lipinski definition) is 1. The molecule has 0 radical (unpaired) electrons. The standard InChI is InChI=1S/C22H16BrF2N3O/c23-18-11-16(25)9-10-17(18)22(29)27-20(14-5-7-15(24)8-6-14)12-28-13-26-19-3-1-2-4-21(19)28/h1-11,13,20H,12H2,(H,27,29). The topological polar surface area (TPSA) is 46.9 Å². The first-order valence-corrected chi connectivity index (χ1v) is 9.72. The van der Waals surface area contributed by atoms with E-state index in [4.69, 9.17) is 0 Å². The summed E-state index contributed by atoms with van der Waals surface area (Å²) < 4.78 is 29.1. The lowest BCUT2D eigenvalue weighted by Gasteiger charge is -2.21. The van der Waals surface area contributed by atoms with Crippen LogP contribution in [0.25, 0.3) is 11.0 Å². The Bertz CT molecular complexity index is 1170. The normalized spacial score (nSPS) is 12.1. The number of aromatic nitrogens is 2. The Kier molecular flexibility index (Phi) is 5.40. The summed E-state index contributed by atoms with van der Waals surface area (Å²) in [5.41, 5.74) is 2.83. The van der Waals surface area contributed by atoms with Crippen LogP contribution in [0.5, 0.6) is 0 Å². The lowest BCUT2D eigenvalue weighted by atomic mass is 10.1. The number of carbonyl (C=O) groups is 1. The maximum atomic E-state index is 13.4. The minimum absolute atomic E-state index is 0.314. The summed E-state index contributed by atoms with van der Waals surface area (Å²) in [4.78, 5) is 17.2. The fourth-order valence-corrected chi connectivity index (χ4v) is 3.72. The number of rotatable bonds is 5. The Morgan fingerprint density at radius 2 is 1.76 bits per heavy atom. The van der Waals surface area contributed by atoms with Crippen LogP contribution in [0.2, 0.25) is 0 Å². The van der Waals surface area contributed by atoms with E-state index in [2.05, 4.69) is 26.2 Å². The molecule has 3 aromatic carbocycles. The van der Waals surface area contributed by atoms with E-state index in [0.717, 1.165) is 16.6 Å². The zero-order valence-electron chi connectivity index (χ0n) is 15.1. The summed E-state index contributed by atoms with van der Waals surface area (Å²) in [5, 5.41) is 2.97. The third-order valence-corrected chi connectivity index (χ3v) is 5.32. The fourth-order valence-electron chi connectivity index (χ4n) is 3.19. The highest BCUT2D eigenvalue weighted by Gasteiger charge is 2.19. The van der Waals surface area contributed by atoms with Gasteiger partial charge in [0, 0.05) is 11.0 Å². The second kappa shape index (κ2) is 8.13. The maximum absolute atomic E-state index is 13.4. The minimum Gasteiger partial charge on any atom is -0.343 e. The summed E-state index contributed by atoms with van der Waals surface area (Å²) in [6, 6.07) is 17.1. The van der Waals surface area contributed by atoms with Gasteiger partial charge in [0.2, 0.25) is 0 Å². The van der Waals surface area contributed by atoms with Gasteiger partial charge in [-0.25, -0.2) is 13.8 Å². The van der Waals surface area contributed by atoms with E-state index in [0.29, 0.717) is 16.6 Å². The van der Waals surface area contributed by atoms with Crippen molar-refractivity contribution in [2.24, 2.45) is 0 Å². The van der Waals surface area contributed by atoms with Gasteiger partial charge in [0.15, 0.2) is 0 Å². The SMILES string of the molecule is O=C(NC(Cn1cnc2ccccc21)c1ccc(F)cc1)c1ccc(F)cc1Br. The van der Waals surface area contributed by atoms with Crippen LogP contribution in [0.3, 0.4) is 0 Å². The predicted molar refractivity (Wildman–Crippen MR) is 110 cm³/mol. The molecule has 0 spiro atoms. The van der Waals surface area contributed by atoms with Crippen LogP contribution < -0.4 is 5.32 Å². The molecule has 1 heterocycles. The first-order chi connectivity index (χ1) is 14.0. The highest BCUT2D eigenvalue weighted by molar-refractivity contribution is 9.10. The van der Waals surface area contributed by atoms with Crippen molar-refractivity contribution in [2.75, 3.05) is 0 Å². The molecule has 1 N–H and O–H groups in total. The van der Waals surface area contributed by atoms with E-state index in [9.17, 15) is 13.6 Å². The molecule has 0 bridgehead atoms. The van der Waals surface area contributed by atoms with Crippen molar-refractivity contribution >= 4 is 32.9 Å². The van der Waals surface area contributed by atoms with Gasteiger partial charge in [-0.3, -0.25) is 4.79 Å². The zero-order chi connectivity index (χ0) is 20.4. The summed E-state index contributed by atoms with van der Waals surface area (Å²) in [5.74, 6) is -1.16. The van der Waals surface area contributed by atoms with Gasteiger partial charge >= 0.3 is 0 Å². The Labute approximate surface area is 174 Å². The number of fused-ring (bicyclic) bond motifs is 1. The molecule has 0 aliphatic heterocycles. The van der Waals surface area contributed by atoms with Crippen LogP contribution >= 0.6 is 15.9 Å². The molecular weight excluding hydrogens is 440 g/mol. The van der Waals surface area contributed by atoms with Crippen molar-refractivity contribution in [3.63, 3.8) is 0 Å². The van der Waals surface area contributed by atoms with Crippen molar-refractivity contribution in [1.29, 1.82) is 0 Å². The molecule has 4 rings (SSSR count). The Morgan fingerprint density at radius 3 is 2.52 bits per heavy atom. The van der Waals surface area contributed by atoms with Crippen LogP contribution in [0, 0.1) is 11.6 Å². The molecule has 1 amide bonds. The number of carbonyl (C=O) groups excluding carboxylic acids is 1. The Balaban J connectivity index is 1.66. The van der Waals surface area contributed by atoms with E-state index < -0.39 is 11.9 Å². The predicted octanol–water partition coefficient (Wildman–Crippen LogP) is 5.25. The van der Waals surface area contributed by atoms with Gasteiger partial charge in [0.25, 0.3) is 5.91 Å². The van der Waals surface area contributed by atoms with Crippen LogP contribution in [-0.4, -0.2) is 15.5 Å². The summed E-state index contributed by atoms with van der Waals surface area (Å²) >= 11 is 3.23. The van der Waals surface area contributed by atoms with Crippen LogP contribution in [-0.2, 0) is 6.54 Å². The largest absolute Gasteiger partial charge is 0.343 e. The average molecular weight is 456 g/mol. The van der Waals surface area contributed by atoms with Crippen LogP contribution in [0.4, 0.5) is 8.78 Å². The molecule has 0 aliphatic carbocycles. The molecule has 146 valence electrons. The van der Waals surface area contributed by atoms with Crippen molar-refractivity contribution in [3.8, 4) is 0 Å². The number of nitrogens with zero attached hydrogens (tertiary/aromatic N) is 2. The number of hydrogen-bond acceptors (Lipinski definition) is 2. The second-order valence-electron chi connectivity index (χ2n) is 6.59. The van der Waals surface area contributed by atoms with E-state index in [-0.39, 0.29) is 11.7 Å². The van der Waals surface area contributed by atoms with Crippen LogP contribution in [0.1, 0.15) is 22.0 Å². The molecular formula is C22H16BrF2N3O. The van der Waals surface area contributed by atoms with E-state index in [1.807, 2.05) is 28.8 Å². The fraction of sp³-hybridized carbons (Fsp3) is 0.0909. The van der Waals surface area contributed by atoms with E-state index >= 15 is 0 Å². The van der Waals surface area contributed by atoms with Gasteiger partial charge < -0.3 is 9.88 Å². The minimum atomic E-state index is -0.447. The molecule has 0 saturated carbocycles. The quantitative estimate of drug-likeness (QED) is 0.446. The van der Waals surface area contributed by atoms with Gasteiger partial charge in [-0.15, -0.1) is 0 Å². The number of amides is 1. The first kappa shape index (κ1) is 19.3. The molecule has 0 aliphatic rings. The number of halogens is 3. The summed E-state index contributed by atoms with van der Waals surface area (Å²) in [7, 11) is 0. The molecule has 1 unspecified atom stereocenters. The lowest BCUT2D eigenvalue weighted by molar-refractivity contribution is 0.0932. The lowest BCUT2D eigenvalue weighted by Crippen LogP contribution is -2.31. The number of para-hydroxylation sites is 2. The summed E-state index contributed by atoms with van der Waals surface area (Å²) in [6.45, 7) is 0.400. The van der Waals surface area contributed by atoms with Crippen molar-refractivity contribution in [1.82, 2.24) is 14.9 Å². The van der Waals surface area contributed by atoms with Crippen molar-refractivity contribution < 1.29 is 13.6 Å². The molecule has 1 aromatic heterocycles. The molecule has 0 saturated heterocycles. The van der Waals surface area contributed by atoms with Gasteiger partial charge in [-0.2, -0.15) is 0 Å².